The lowest BCUT2D eigenvalue weighted by molar-refractivity contribution is 0.0949. The largest absolute Gasteiger partial charge is 0.348 e. The molecule has 4 rings (SSSR count). The fourth-order valence-corrected chi connectivity index (χ4v) is 3.72. The first-order chi connectivity index (χ1) is 14.0. The predicted molar refractivity (Wildman–Crippen MR) is 116 cm³/mol. The number of benzene rings is 3. The fraction of sp³-hybridized carbons (Fsp3) is 0.167. The summed E-state index contributed by atoms with van der Waals surface area (Å²) >= 11 is 5.87. The van der Waals surface area contributed by atoms with Gasteiger partial charge in [0.15, 0.2) is 0 Å². The summed E-state index contributed by atoms with van der Waals surface area (Å²) in [6.07, 6.45) is 0.838. The summed E-state index contributed by atoms with van der Waals surface area (Å²) in [5, 5.41) is 3.52. The summed E-state index contributed by atoms with van der Waals surface area (Å²) in [6.45, 7) is 3.01. The SMILES string of the molecule is Cc1ccccc1C(=O)N1CCc2ccc(CNC(=O)c3ccc(Cl)cc3)cc21. The molecule has 1 aliphatic heterocycles. The third-order valence-corrected chi connectivity index (χ3v) is 5.48. The highest BCUT2D eigenvalue weighted by Gasteiger charge is 2.26. The van der Waals surface area contributed by atoms with E-state index in [2.05, 4.69) is 5.32 Å². The van der Waals surface area contributed by atoms with Gasteiger partial charge in [0.25, 0.3) is 11.8 Å². The maximum atomic E-state index is 13.1. The van der Waals surface area contributed by atoms with E-state index in [1.165, 1.54) is 0 Å². The molecule has 4 nitrogen and oxygen atoms in total. The van der Waals surface area contributed by atoms with Gasteiger partial charge in [-0.05, 0) is 66.4 Å². The molecule has 29 heavy (non-hydrogen) atoms. The van der Waals surface area contributed by atoms with Gasteiger partial charge in [0.05, 0.1) is 0 Å². The van der Waals surface area contributed by atoms with Crippen LogP contribution in [0.25, 0.3) is 0 Å². The van der Waals surface area contributed by atoms with Gasteiger partial charge < -0.3 is 10.2 Å². The molecule has 0 spiro atoms. The Labute approximate surface area is 175 Å². The highest BCUT2D eigenvalue weighted by Crippen LogP contribution is 2.31. The molecule has 1 N–H and O–H groups in total. The van der Waals surface area contributed by atoms with Crippen molar-refractivity contribution in [1.29, 1.82) is 0 Å². The Morgan fingerprint density at radius 1 is 1.03 bits per heavy atom. The first-order valence-electron chi connectivity index (χ1n) is 9.56. The van der Waals surface area contributed by atoms with Crippen LogP contribution >= 0.6 is 11.6 Å². The number of nitrogens with zero attached hydrogens (tertiary/aromatic N) is 1. The molecule has 0 aromatic heterocycles. The number of carbonyl (C=O) groups is 2. The summed E-state index contributed by atoms with van der Waals surface area (Å²) < 4.78 is 0. The van der Waals surface area contributed by atoms with E-state index < -0.39 is 0 Å². The summed E-state index contributed by atoms with van der Waals surface area (Å²) in [7, 11) is 0. The molecule has 5 heteroatoms. The smallest absolute Gasteiger partial charge is 0.258 e. The van der Waals surface area contributed by atoms with Crippen molar-refractivity contribution in [3.8, 4) is 0 Å². The van der Waals surface area contributed by atoms with Gasteiger partial charge >= 0.3 is 0 Å². The van der Waals surface area contributed by atoms with E-state index in [4.69, 9.17) is 11.6 Å². The Bertz CT molecular complexity index is 1080. The maximum Gasteiger partial charge on any atom is 0.258 e. The number of anilines is 1. The van der Waals surface area contributed by atoms with Crippen molar-refractivity contribution >= 4 is 29.1 Å². The number of rotatable bonds is 4. The van der Waals surface area contributed by atoms with Crippen molar-refractivity contribution in [2.24, 2.45) is 0 Å². The van der Waals surface area contributed by atoms with Crippen LogP contribution in [0.2, 0.25) is 5.02 Å². The average molecular weight is 405 g/mol. The highest BCUT2D eigenvalue weighted by atomic mass is 35.5. The first kappa shape index (κ1) is 19.2. The predicted octanol–water partition coefficient (Wildman–Crippen LogP) is 4.78. The number of fused-ring (bicyclic) bond motifs is 1. The number of nitrogens with one attached hydrogen (secondary N) is 1. The maximum absolute atomic E-state index is 13.1. The summed E-state index contributed by atoms with van der Waals surface area (Å²) in [5.41, 5.74) is 5.29. The molecule has 0 radical (unpaired) electrons. The zero-order chi connectivity index (χ0) is 20.4. The Hall–Kier alpha value is -3.11. The molecule has 1 aliphatic rings. The van der Waals surface area contributed by atoms with Crippen LogP contribution in [-0.2, 0) is 13.0 Å². The third-order valence-electron chi connectivity index (χ3n) is 5.23. The second kappa shape index (κ2) is 8.10. The Balaban J connectivity index is 1.50. The molecule has 3 aromatic carbocycles. The first-order valence-corrected chi connectivity index (χ1v) is 9.94. The van der Waals surface area contributed by atoms with Gasteiger partial charge in [-0.3, -0.25) is 9.59 Å². The monoisotopic (exact) mass is 404 g/mol. The van der Waals surface area contributed by atoms with Gasteiger partial charge in [0, 0.05) is 34.9 Å². The van der Waals surface area contributed by atoms with Crippen LogP contribution in [0, 0.1) is 6.92 Å². The van der Waals surface area contributed by atoms with Crippen LogP contribution in [0.4, 0.5) is 5.69 Å². The topological polar surface area (TPSA) is 49.4 Å². The molecule has 3 aromatic rings. The Kier molecular flexibility index (Phi) is 5.36. The molecule has 0 unspecified atom stereocenters. The molecular weight excluding hydrogens is 384 g/mol. The van der Waals surface area contributed by atoms with E-state index in [1.807, 2.05) is 54.3 Å². The van der Waals surface area contributed by atoms with Gasteiger partial charge in [0.2, 0.25) is 0 Å². The molecule has 2 amide bonds. The van der Waals surface area contributed by atoms with E-state index in [0.29, 0.717) is 23.7 Å². The van der Waals surface area contributed by atoms with Crippen molar-refractivity contribution in [3.63, 3.8) is 0 Å². The fourth-order valence-electron chi connectivity index (χ4n) is 3.59. The second-order valence-electron chi connectivity index (χ2n) is 7.17. The molecule has 0 saturated carbocycles. The Morgan fingerprint density at radius 2 is 1.79 bits per heavy atom. The number of aryl methyl sites for hydroxylation is 1. The van der Waals surface area contributed by atoms with Crippen LogP contribution in [-0.4, -0.2) is 18.4 Å². The second-order valence-corrected chi connectivity index (χ2v) is 7.61. The lowest BCUT2D eigenvalue weighted by Crippen LogP contribution is -2.29. The number of amides is 2. The van der Waals surface area contributed by atoms with E-state index in [0.717, 1.165) is 34.4 Å². The van der Waals surface area contributed by atoms with E-state index in [-0.39, 0.29) is 11.8 Å². The minimum Gasteiger partial charge on any atom is -0.348 e. The lowest BCUT2D eigenvalue weighted by atomic mass is 10.1. The lowest BCUT2D eigenvalue weighted by Gasteiger charge is -2.19. The minimum atomic E-state index is -0.157. The number of hydrogen-bond donors (Lipinski definition) is 1. The van der Waals surface area contributed by atoms with Crippen molar-refractivity contribution in [2.75, 3.05) is 11.4 Å². The van der Waals surface area contributed by atoms with E-state index in [9.17, 15) is 9.59 Å². The van der Waals surface area contributed by atoms with Crippen LogP contribution in [0.3, 0.4) is 0 Å². The van der Waals surface area contributed by atoms with Gasteiger partial charge in [-0.15, -0.1) is 0 Å². The van der Waals surface area contributed by atoms with Crippen LogP contribution in [0.5, 0.6) is 0 Å². The number of hydrogen-bond acceptors (Lipinski definition) is 2. The van der Waals surface area contributed by atoms with Crippen molar-refractivity contribution in [1.82, 2.24) is 5.32 Å². The quantitative estimate of drug-likeness (QED) is 0.680. The standard InChI is InChI=1S/C24H21ClN2O2/c1-16-4-2-3-5-21(16)24(29)27-13-12-18-7-6-17(14-22(18)27)15-26-23(28)19-8-10-20(25)11-9-19/h2-11,14H,12-13,15H2,1H3,(H,26,28). The van der Waals surface area contributed by atoms with Gasteiger partial charge in [-0.1, -0.05) is 41.9 Å². The Morgan fingerprint density at radius 3 is 2.55 bits per heavy atom. The molecular formula is C24H21ClN2O2. The summed E-state index contributed by atoms with van der Waals surface area (Å²) in [5.74, 6) is -0.140. The molecule has 0 saturated heterocycles. The van der Waals surface area contributed by atoms with Crippen LogP contribution in [0.1, 0.15) is 37.4 Å². The zero-order valence-corrected chi connectivity index (χ0v) is 16.9. The third kappa shape index (κ3) is 4.03. The average Bonchev–Trinajstić information content (AvgIpc) is 3.15. The summed E-state index contributed by atoms with van der Waals surface area (Å²) in [4.78, 5) is 27.2. The molecule has 1 heterocycles. The minimum absolute atomic E-state index is 0.0178. The van der Waals surface area contributed by atoms with Gasteiger partial charge in [-0.25, -0.2) is 0 Å². The summed E-state index contributed by atoms with van der Waals surface area (Å²) in [6, 6.07) is 20.5. The van der Waals surface area contributed by atoms with Crippen LogP contribution < -0.4 is 10.2 Å². The van der Waals surface area contributed by atoms with Gasteiger partial charge in [-0.2, -0.15) is 0 Å². The van der Waals surface area contributed by atoms with Crippen molar-refractivity contribution in [3.05, 3.63) is 99.6 Å². The van der Waals surface area contributed by atoms with Crippen LogP contribution in [0.15, 0.2) is 66.7 Å². The number of carbonyl (C=O) groups excluding carboxylic acids is 2. The van der Waals surface area contributed by atoms with E-state index >= 15 is 0 Å². The number of halogens is 1. The van der Waals surface area contributed by atoms with Crippen molar-refractivity contribution < 1.29 is 9.59 Å². The molecule has 0 fully saturated rings. The van der Waals surface area contributed by atoms with Gasteiger partial charge in [0.1, 0.15) is 0 Å². The van der Waals surface area contributed by atoms with Crippen molar-refractivity contribution in [2.45, 2.75) is 19.9 Å². The normalized spacial score (nSPS) is 12.6. The van der Waals surface area contributed by atoms with E-state index in [1.54, 1.807) is 24.3 Å². The molecule has 0 aliphatic carbocycles. The molecule has 146 valence electrons. The zero-order valence-electron chi connectivity index (χ0n) is 16.1. The highest BCUT2D eigenvalue weighted by molar-refractivity contribution is 6.30. The molecule has 0 atom stereocenters. The molecule has 0 bridgehead atoms.